The lowest BCUT2D eigenvalue weighted by Gasteiger charge is -2.01. The Hall–Kier alpha value is -1.38. The Balaban J connectivity index is 2.05. The first-order valence-electron chi connectivity index (χ1n) is 5.28. The number of carbonyl (C=O) groups is 1. The molecule has 0 saturated carbocycles. The molecule has 3 nitrogen and oxygen atoms in total. The van der Waals surface area contributed by atoms with Gasteiger partial charge < -0.3 is 4.74 Å². The summed E-state index contributed by atoms with van der Waals surface area (Å²) in [5, 5.41) is 0. The molecule has 0 fully saturated rings. The molecule has 0 N–H and O–H groups in total. The first kappa shape index (κ1) is 11.7. The molecule has 0 aliphatic heterocycles. The molecule has 0 aliphatic carbocycles. The van der Waals surface area contributed by atoms with E-state index < -0.39 is 0 Å². The van der Waals surface area contributed by atoms with E-state index in [4.69, 9.17) is 0 Å². The number of ether oxygens (including phenoxy) is 1. The Morgan fingerprint density at radius 3 is 2.67 bits per heavy atom. The Bertz CT molecular complexity index is 285. The van der Waals surface area contributed by atoms with Crippen molar-refractivity contribution in [3.05, 3.63) is 30.1 Å². The molecule has 82 valence electrons. The largest absolute Gasteiger partial charge is 0.469 e. The van der Waals surface area contributed by atoms with Crippen LogP contribution < -0.4 is 0 Å². The molecule has 0 atom stereocenters. The van der Waals surface area contributed by atoms with Crippen molar-refractivity contribution in [1.82, 2.24) is 4.98 Å². The molecule has 1 heterocycles. The van der Waals surface area contributed by atoms with E-state index in [1.165, 1.54) is 12.7 Å². The number of aromatic nitrogens is 1. The second-order valence-electron chi connectivity index (χ2n) is 3.49. The van der Waals surface area contributed by atoms with E-state index in [2.05, 4.69) is 9.72 Å². The van der Waals surface area contributed by atoms with Gasteiger partial charge in [-0.25, -0.2) is 0 Å². The van der Waals surface area contributed by atoms with Crippen molar-refractivity contribution in [3.63, 3.8) is 0 Å². The first-order valence-corrected chi connectivity index (χ1v) is 5.28. The summed E-state index contributed by atoms with van der Waals surface area (Å²) < 4.78 is 4.57. The maximum atomic E-state index is 10.8. The number of hydrogen-bond donors (Lipinski definition) is 0. The number of pyridine rings is 1. The summed E-state index contributed by atoms with van der Waals surface area (Å²) in [7, 11) is 1.43. The highest BCUT2D eigenvalue weighted by Gasteiger charge is 1.99. The predicted molar refractivity (Wildman–Crippen MR) is 58.4 cm³/mol. The van der Waals surface area contributed by atoms with E-state index in [0.29, 0.717) is 6.42 Å². The second kappa shape index (κ2) is 6.98. The van der Waals surface area contributed by atoms with Gasteiger partial charge in [-0.2, -0.15) is 0 Å². The average molecular weight is 207 g/mol. The number of aryl methyl sites for hydroxylation is 1. The van der Waals surface area contributed by atoms with E-state index in [0.717, 1.165) is 25.7 Å². The zero-order valence-corrected chi connectivity index (χ0v) is 9.11. The fourth-order valence-electron chi connectivity index (χ4n) is 1.43. The average Bonchev–Trinajstić information content (AvgIpc) is 2.29. The highest BCUT2D eigenvalue weighted by molar-refractivity contribution is 5.68. The van der Waals surface area contributed by atoms with Gasteiger partial charge in [-0.3, -0.25) is 9.78 Å². The third-order valence-corrected chi connectivity index (χ3v) is 2.32. The summed E-state index contributed by atoms with van der Waals surface area (Å²) in [6, 6.07) is 4.06. The number of hydrogen-bond acceptors (Lipinski definition) is 3. The quantitative estimate of drug-likeness (QED) is 0.531. The fourth-order valence-corrected chi connectivity index (χ4v) is 1.43. The lowest BCUT2D eigenvalue weighted by molar-refractivity contribution is -0.140. The van der Waals surface area contributed by atoms with Gasteiger partial charge in [0.2, 0.25) is 0 Å². The van der Waals surface area contributed by atoms with Crippen LogP contribution in [0.1, 0.15) is 31.2 Å². The molecule has 1 aromatic rings. The lowest BCUT2D eigenvalue weighted by atomic mass is 10.1. The molecular weight excluding hydrogens is 190 g/mol. The minimum Gasteiger partial charge on any atom is -0.469 e. The van der Waals surface area contributed by atoms with Gasteiger partial charge >= 0.3 is 5.97 Å². The van der Waals surface area contributed by atoms with E-state index in [-0.39, 0.29) is 5.97 Å². The van der Waals surface area contributed by atoms with E-state index >= 15 is 0 Å². The van der Waals surface area contributed by atoms with Crippen LogP contribution in [0, 0.1) is 0 Å². The van der Waals surface area contributed by atoms with E-state index in [9.17, 15) is 4.79 Å². The molecule has 0 unspecified atom stereocenters. The summed E-state index contributed by atoms with van der Waals surface area (Å²) in [5.74, 6) is -0.112. The standard InChI is InChI=1S/C12H17NO2/c1-15-12(14)6-4-2-3-5-11-7-9-13-10-8-11/h7-10H,2-6H2,1H3. The fraction of sp³-hybridized carbons (Fsp3) is 0.500. The Morgan fingerprint density at radius 2 is 2.00 bits per heavy atom. The zero-order chi connectivity index (χ0) is 10.9. The van der Waals surface area contributed by atoms with Crippen LogP contribution in [0.15, 0.2) is 24.5 Å². The number of carbonyl (C=O) groups excluding carboxylic acids is 1. The first-order chi connectivity index (χ1) is 7.33. The molecule has 0 saturated heterocycles. The van der Waals surface area contributed by atoms with Gasteiger partial charge in [-0.1, -0.05) is 6.42 Å². The van der Waals surface area contributed by atoms with Crippen molar-refractivity contribution in [2.45, 2.75) is 32.1 Å². The Labute approximate surface area is 90.5 Å². The lowest BCUT2D eigenvalue weighted by Crippen LogP contribution is -1.99. The number of methoxy groups -OCH3 is 1. The molecule has 0 amide bonds. The number of unbranched alkanes of at least 4 members (excludes halogenated alkanes) is 2. The van der Waals surface area contributed by atoms with Gasteiger partial charge in [0, 0.05) is 18.8 Å². The summed E-state index contributed by atoms with van der Waals surface area (Å²) >= 11 is 0. The van der Waals surface area contributed by atoms with Crippen LogP contribution in [-0.2, 0) is 16.0 Å². The van der Waals surface area contributed by atoms with Crippen LogP contribution in [0.2, 0.25) is 0 Å². The van der Waals surface area contributed by atoms with Gasteiger partial charge in [0.05, 0.1) is 7.11 Å². The SMILES string of the molecule is COC(=O)CCCCCc1ccncc1. The minimum atomic E-state index is -0.112. The third kappa shape index (κ3) is 5.15. The molecular formula is C12H17NO2. The maximum absolute atomic E-state index is 10.8. The van der Waals surface area contributed by atoms with Gasteiger partial charge in [-0.05, 0) is 37.0 Å². The molecule has 1 aromatic heterocycles. The smallest absolute Gasteiger partial charge is 0.305 e. The second-order valence-corrected chi connectivity index (χ2v) is 3.49. The van der Waals surface area contributed by atoms with Crippen molar-refractivity contribution in [1.29, 1.82) is 0 Å². The van der Waals surface area contributed by atoms with Crippen molar-refractivity contribution in [3.8, 4) is 0 Å². The van der Waals surface area contributed by atoms with Crippen LogP contribution in [0.4, 0.5) is 0 Å². The number of esters is 1. The molecule has 0 spiro atoms. The Morgan fingerprint density at radius 1 is 1.27 bits per heavy atom. The number of nitrogens with zero attached hydrogens (tertiary/aromatic N) is 1. The van der Waals surface area contributed by atoms with Crippen LogP contribution in [0.25, 0.3) is 0 Å². The topological polar surface area (TPSA) is 39.2 Å². The maximum Gasteiger partial charge on any atom is 0.305 e. The zero-order valence-electron chi connectivity index (χ0n) is 9.11. The molecule has 1 rings (SSSR count). The molecule has 0 aliphatic rings. The number of rotatable bonds is 6. The van der Waals surface area contributed by atoms with Crippen LogP contribution >= 0.6 is 0 Å². The highest BCUT2D eigenvalue weighted by atomic mass is 16.5. The van der Waals surface area contributed by atoms with Crippen LogP contribution in [-0.4, -0.2) is 18.1 Å². The van der Waals surface area contributed by atoms with Crippen LogP contribution in [0.3, 0.4) is 0 Å². The molecule has 15 heavy (non-hydrogen) atoms. The van der Waals surface area contributed by atoms with Gasteiger partial charge in [0.25, 0.3) is 0 Å². The van der Waals surface area contributed by atoms with E-state index in [1.54, 1.807) is 0 Å². The molecule has 0 aromatic carbocycles. The third-order valence-electron chi connectivity index (χ3n) is 2.32. The summed E-state index contributed by atoms with van der Waals surface area (Å²) in [6.07, 6.45) is 8.31. The molecule has 0 radical (unpaired) electrons. The molecule has 0 bridgehead atoms. The van der Waals surface area contributed by atoms with E-state index in [1.807, 2.05) is 24.5 Å². The Kier molecular flexibility index (Phi) is 5.44. The van der Waals surface area contributed by atoms with Crippen molar-refractivity contribution in [2.75, 3.05) is 7.11 Å². The normalized spacial score (nSPS) is 9.93. The van der Waals surface area contributed by atoms with Crippen molar-refractivity contribution < 1.29 is 9.53 Å². The van der Waals surface area contributed by atoms with Crippen LogP contribution in [0.5, 0.6) is 0 Å². The summed E-state index contributed by atoms with van der Waals surface area (Å²) in [4.78, 5) is 14.8. The van der Waals surface area contributed by atoms with Gasteiger partial charge in [0.1, 0.15) is 0 Å². The monoisotopic (exact) mass is 207 g/mol. The predicted octanol–water partition coefficient (Wildman–Crippen LogP) is 2.36. The minimum absolute atomic E-state index is 0.112. The van der Waals surface area contributed by atoms with Gasteiger partial charge in [0.15, 0.2) is 0 Å². The molecule has 3 heteroatoms. The summed E-state index contributed by atoms with van der Waals surface area (Å²) in [5.41, 5.74) is 1.31. The van der Waals surface area contributed by atoms with Crippen molar-refractivity contribution >= 4 is 5.97 Å². The van der Waals surface area contributed by atoms with Gasteiger partial charge in [-0.15, -0.1) is 0 Å². The van der Waals surface area contributed by atoms with Crippen molar-refractivity contribution in [2.24, 2.45) is 0 Å². The highest BCUT2D eigenvalue weighted by Crippen LogP contribution is 2.07. The summed E-state index contributed by atoms with van der Waals surface area (Å²) in [6.45, 7) is 0.